The minimum absolute atomic E-state index is 0.437. The molecule has 0 saturated carbocycles. The Hall–Kier alpha value is -1.22. The highest BCUT2D eigenvalue weighted by atomic mass is 16.5. The molecule has 104 valence electrons. The molecule has 3 nitrogen and oxygen atoms in total. The smallest absolute Gasteiger partial charge is 0.161 e. The zero-order valence-electron chi connectivity index (χ0n) is 12.0. The van der Waals surface area contributed by atoms with Crippen molar-refractivity contribution < 1.29 is 9.47 Å². The molecule has 0 amide bonds. The molecular formula is C16H23NO2. The summed E-state index contributed by atoms with van der Waals surface area (Å²) in [6, 6.07) is 4.84. The van der Waals surface area contributed by atoms with Gasteiger partial charge < -0.3 is 14.8 Å². The van der Waals surface area contributed by atoms with Gasteiger partial charge in [0.1, 0.15) is 0 Å². The molecule has 0 fully saturated rings. The Kier molecular flexibility index (Phi) is 3.40. The highest BCUT2D eigenvalue weighted by Crippen LogP contribution is 2.48. The zero-order valence-corrected chi connectivity index (χ0v) is 12.0. The zero-order chi connectivity index (χ0) is 13.4. The maximum Gasteiger partial charge on any atom is 0.161 e. The molecule has 1 aliphatic heterocycles. The summed E-state index contributed by atoms with van der Waals surface area (Å²) in [5.74, 6) is 3.02. The van der Waals surface area contributed by atoms with E-state index in [0.717, 1.165) is 37.7 Å². The molecular weight excluding hydrogens is 238 g/mol. The van der Waals surface area contributed by atoms with Crippen LogP contribution in [0.15, 0.2) is 12.1 Å². The topological polar surface area (TPSA) is 30.5 Å². The molecule has 0 saturated heterocycles. The van der Waals surface area contributed by atoms with Gasteiger partial charge in [0.15, 0.2) is 11.5 Å². The van der Waals surface area contributed by atoms with Crippen LogP contribution in [-0.4, -0.2) is 19.8 Å². The van der Waals surface area contributed by atoms with E-state index in [4.69, 9.17) is 9.47 Å². The summed E-state index contributed by atoms with van der Waals surface area (Å²) < 4.78 is 11.6. The van der Waals surface area contributed by atoms with Crippen molar-refractivity contribution in [2.45, 2.75) is 39.2 Å². The van der Waals surface area contributed by atoms with Crippen LogP contribution in [0, 0.1) is 5.92 Å². The standard InChI is InChI=1S/C16H23NO2/c1-4-17-16-11(3)10(2)12-8-14-15(9-13(12)16)19-7-5-6-18-14/h8-11,16-17H,4-7H2,1-3H3. The summed E-state index contributed by atoms with van der Waals surface area (Å²) in [7, 11) is 0. The number of hydrogen-bond acceptors (Lipinski definition) is 3. The van der Waals surface area contributed by atoms with Crippen molar-refractivity contribution in [2.75, 3.05) is 19.8 Å². The van der Waals surface area contributed by atoms with Crippen LogP contribution in [0.3, 0.4) is 0 Å². The fourth-order valence-electron chi connectivity index (χ4n) is 3.27. The predicted molar refractivity (Wildman–Crippen MR) is 76.0 cm³/mol. The van der Waals surface area contributed by atoms with E-state index in [1.54, 1.807) is 0 Å². The van der Waals surface area contributed by atoms with Gasteiger partial charge in [0.05, 0.1) is 13.2 Å². The third-order valence-corrected chi connectivity index (χ3v) is 4.52. The second-order valence-electron chi connectivity index (χ2n) is 5.66. The highest BCUT2D eigenvalue weighted by Gasteiger charge is 2.36. The lowest BCUT2D eigenvalue weighted by atomic mass is 9.94. The summed E-state index contributed by atoms with van der Waals surface area (Å²) in [6.07, 6.45) is 0.960. The number of rotatable bonds is 2. The average molecular weight is 261 g/mol. The van der Waals surface area contributed by atoms with Crippen LogP contribution in [0.5, 0.6) is 11.5 Å². The van der Waals surface area contributed by atoms with E-state index < -0.39 is 0 Å². The van der Waals surface area contributed by atoms with Crippen LogP contribution in [0.1, 0.15) is 50.3 Å². The van der Waals surface area contributed by atoms with Crippen molar-refractivity contribution in [3.8, 4) is 11.5 Å². The second kappa shape index (κ2) is 5.04. The molecule has 1 heterocycles. The summed E-state index contributed by atoms with van der Waals surface area (Å²) in [5, 5.41) is 3.61. The van der Waals surface area contributed by atoms with Gasteiger partial charge in [-0.15, -0.1) is 0 Å². The number of ether oxygens (including phenoxy) is 2. The SMILES string of the molecule is CCNC1c2cc3c(cc2C(C)C1C)OCCCO3. The monoisotopic (exact) mass is 261 g/mol. The Morgan fingerprint density at radius 2 is 1.74 bits per heavy atom. The Bertz CT molecular complexity index is 472. The van der Waals surface area contributed by atoms with Crippen LogP contribution in [0.4, 0.5) is 0 Å². The summed E-state index contributed by atoms with van der Waals surface area (Å²) >= 11 is 0. The summed E-state index contributed by atoms with van der Waals surface area (Å²) in [4.78, 5) is 0. The number of nitrogens with one attached hydrogen (secondary N) is 1. The van der Waals surface area contributed by atoms with Gasteiger partial charge in [0.2, 0.25) is 0 Å². The van der Waals surface area contributed by atoms with E-state index in [1.165, 1.54) is 11.1 Å². The van der Waals surface area contributed by atoms with Crippen LogP contribution in [0.2, 0.25) is 0 Å². The van der Waals surface area contributed by atoms with Crippen molar-refractivity contribution in [3.63, 3.8) is 0 Å². The third kappa shape index (κ3) is 2.10. The van der Waals surface area contributed by atoms with Crippen LogP contribution in [-0.2, 0) is 0 Å². The first-order valence-corrected chi connectivity index (χ1v) is 7.39. The van der Waals surface area contributed by atoms with E-state index in [9.17, 15) is 0 Å². The van der Waals surface area contributed by atoms with Crippen molar-refractivity contribution in [2.24, 2.45) is 5.92 Å². The van der Waals surface area contributed by atoms with E-state index in [-0.39, 0.29) is 0 Å². The van der Waals surface area contributed by atoms with Crippen LogP contribution >= 0.6 is 0 Å². The highest BCUT2D eigenvalue weighted by molar-refractivity contribution is 5.52. The minimum Gasteiger partial charge on any atom is -0.490 e. The van der Waals surface area contributed by atoms with Crippen molar-refractivity contribution in [3.05, 3.63) is 23.3 Å². The molecule has 0 bridgehead atoms. The molecule has 3 rings (SSSR count). The molecule has 1 N–H and O–H groups in total. The predicted octanol–water partition coefficient (Wildman–Crippen LogP) is 3.25. The number of benzene rings is 1. The molecule has 3 atom stereocenters. The summed E-state index contributed by atoms with van der Waals surface area (Å²) in [6.45, 7) is 9.30. The fraction of sp³-hybridized carbons (Fsp3) is 0.625. The molecule has 2 aliphatic rings. The first-order chi connectivity index (χ1) is 9.22. The van der Waals surface area contributed by atoms with Gasteiger partial charge in [-0.25, -0.2) is 0 Å². The lowest BCUT2D eigenvalue weighted by molar-refractivity contribution is 0.296. The Labute approximate surface area is 115 Å². The van der Waals surface area contributed by atoms with Gasteiger partial charge in [-0.3, -0.25) is 0 Å². The Morgan fingerprint density at radius 3 is 2.37 bits per heavy atom. The van der Waals surface area contributed by atoms with Gasteiger partial charge in [-0.2, -0.15) is 0 Å². The lowest BCUT2D eigenvalue weighted by Gasteiger charge is -2.19. The van der Waals surface area contributed by atoms with Crippen LogP contribution in [0.25, 0.3) is 0 Å². The van der Waals surface area contributed by atoms with E-state index in [1.807, 2.05) is 0 Å². The van der Waals surface area contributed by atoms with Gasteiger partial charge >= 0.3 is 0 Å². The first kappa shape index (κ1) is 12.8. The molecule has 0 radical (unpaired) electrons. The maximum absolute atomic E-state index is 5.82. The second-order valence-corrected chi connectivity index (χ2v) is 5.66. The van der Waals surface area contributed by atoms with Gasteiger partial charge in [-0.1, -0.05) is 20.8 Å². The van der Waals surface area contributed by atoms with Gasteiger partial charge in [0.25, 0.3) is 0 Å². The Morgan fingerprint density at radius 1 is 1.11 bits per heavy atom. The van der Waals surface area contributed by atoms with Gasteiger partial charge in [0, 0.05) is 12.5 Å². The molecule has 19 heavy (non-hydrogen) atoms. The minimum atomic E-state index is 0.437. The van der Waals surface area contributed by atoms with Crippen molar-refractivity contribution in [1.82, 2.24) is 5.32 Å². The van der Waals surface area contributed by atoms with Gasteiger partial charge in [-0.05, 0) is 41.6 Å². The number of hydrogen-bond donors (Lipinski definition) is 1. The van der Waals surface area contributed by atoms with Crippen LogP contribution < -0.4 is 14.8 Å². The molecule has 0 aromatic heterocycles. The quantitative estimate of drug-likeness (QED) is 0.886. The molecule has 1 aliphatic carbocycles. The van der Waals surface area contributed by atoms with E-state index >= 15 is 0 Å². The van der Waals surface area contributed by atoms with E-state index in [2.05, 4.69) is 38.2 Å². The molecule has 3 heteroatoms. The molecule has 3 unspecified atom stereocenters. The fourth-order valence-corrected chi connectivity index (χ4v) is 3.27. The summed E-state index contributed by atoms with van der Waals surface area (Å²) in [5.41, 5.74) is 2.81. The molecule has 1 aromatic rings. The van der Waals surface area contributed by atoms with Crippen molar-refractivity contribution >= 4 is 0 Å². The third-order valence-electron chi connectivity index (χ3n) is 4.52. The van der Waals surface area contributed by atoms with E-state index in [0.29, 0.717) is 17.9 Å². The van der Waals surface area contributed by atoms with Crippen molar-refractivity contribution in [1.29, 1.82) is 0 Å². The number of fused-ring (bicyclic) bond motifs is 2. The maximum atomic E-state index is 5.82. The lowest BCUT2D eigenvalue weighted by Crippen LogP contribution is -2.24. The Balaban J connectivity index is 2.03. The average Bonchev–Trinajstić information content (AvgIpc) is 2.62. The normalized spacial score (nSPS) is 28.9. The first-order valence-electron chi connectivity index (χ1n) is 7.39. The largest absolute Gasteiger partial charge is 0.490 e. The molecule has 0 spiro atoms. The molecule has 1 aromatic carbocycles.